The number of nitrogens with two attached hydrogens (primary N) is 1. The number of rotatable bonds is 6. The van der Waals surface area contributed by atoms with Gasteiger partial charge in [0.05, 0.1) is 12.7 Å². The number of ether oxygens (including phenoxy) is 2. The van der Waals surface area contributed by atoms with Crippen molar-refractivity contribution in [2.45, 2.75) is 31.6 Å². The predicted octanol–water partition coefficient (Wildman–Crippen LogP) is 5.15. The Balaban J connectivity index is 1.58. The van der Waals surface area contributed by atoms with Crippen LogP contribution in [-0.4, -0.2) is 12.1 Å². The third kappa shape index (κ3) is 3.96. The molecule has 3 aromatic rings. The van der Waals surface area contributed by atoms with Gasteiger partial charge in [-0.05, 0) is 53.8 Å². The molecule has 0 saturated heterocycles. The molecule has 1 aliphatic carbocycles. The molecule has 0 amide bonds. The Morgan fingerprint density at radius 2 is 1.50 bits per heavy atom. The lowest BCUT2D eigenvalue weighted by atomic mass is 9.90. The van der Waals surface area contributed by atoms with E-state index in [-0.39, 0.29) is 6.10 Å². The molecule has 0 bridgehead atoms. The van der Waals surface area contributed by atoms with Crippen molar-refractivity contribution in [1.29, 1.82) is 0 Å². The molecule has 2 N–H and O–H groups in total. The largest absolute Gasteiger partial charge is 0.457 e. The fourth-order valence-electron chi connectivity index (χ4n) is 3.21. The van der Waals surface area contributed by atoms with E-state index in [1.54, 1.807) is 0 Å². The van der Waals surface area contributed by atoms with E-state index in [1.807, 2.05) is 42.5 Å². The van der Waals surface area contributed by atoms with Gasteiger partial charge >= 0.3 is 0 Å². The number of para-hydroxylation sites is 1. The second-order valence-corrected chi connectivity index (χ2v) is 6.76. The molecule has 1 saturated carbocycles. The molecule has 3 aromatic carbocycles. The third-order valence-electron chi connectivity index (χ3n) is 4.75. The minimum atomic E-state index is 0.286. The maximum absolute atomic E-state index is 6.03. The van der Waals surface area contributed by atoms with E-state index in [4.69, 9.17) is 15.2 Å². The van der Waals surface area contributed by atoms with E-state index in [0.29, 0.717) is 12.6 Å². The highest BCUT2D eigenvalue weighted by Gasteiger charge is 2.26. The molecule has 132 valence electrons. The summed E-state index contributed by atoms with van der Waals surface area (Å²) in [4.78, 5) is 0. The number of hydrogen-bond donors (Lipinski definition) is 1. The Morgan fingerprint density at radius 1 is 0.808 bits per heavy atom. The van der Waals surface area contributed by atoms with Gasteiger partial charge in [0.15, 0.2) is 0 Å². The average molecular weight is 345 g/mol. The van der Waals surface area contributed by atoms with Crippen LogP contribution in [-0.2, 0) is 11.3 Å². The second kappa shape index (κ2) is 7.73. The van der Waals surface area contributed by atoms with Crippen molar-refractivity contribution in [3.63, 3.8) is 0 Å². The van der Waals surface area contributed by atoms with Crippen LogP contribution in [0.3, 0.4) is 0 Å². The summed E-state index contributed by atoms with van der Waals surface area (Å²) in [6, 6.07) is 26.7. The molecule has 0 spiro atoms. The SMILES string of the molecule is N[C@H]1C[C@H](OCc2ccc(Oc3ccccc3)cc2-c2ccccc2)C1. The average Bonchev–Trinajstić information content (AvgIpc) is 2.66. The highest BCUT2D eigenvalue weighted by atomic mass is 16.5. The zero-order valence-corrected chi connectivity index (χ0v) is 14.7. The highest BCUT2D eigenvalue weighted by Crippen LogP contribution is 2.32. The third-order valence-corrected chi connectivity index (χ3v) is 4.75. The Labute approximate surface area is 154 Å². The lowest BCUT2D eigenvalue weighted by Gasteiger charge is -2.32. The Morgan fingerprint density at radius 3 is 2.19 bits per heavy atom. The zero-order valence-electron chi connectivity index (χ0n) is 14.7. The van der Waals surface area contributed by atoms with Gasteiger partial charge in [0.2, 0.25) is 0 Å². The molecule has 4 rings (SSSR count). The van der Waals surface area contributed by atoms with Crippen molar-refractivity contribution in [3.05, 3.63) is 84.4 Å². The van der Waals surface area contributed by atoms with Crippen molar-refractivity contribution in [1.82, 2.24) is 0 Å². The zero-order chi connectivity index (χ0) is 17.8. The maximum Gasteiger partial charge on any atom is 0.128 e. The molecular weight excluding hydrogens is 322 g/mol. The molecule has 1 aliphatic rings. The van der Waals surface area contributed by atoms with E-state index in [2.05, 4.69) is 36.4 Å². The quantitative estimate of drug-likeness (QED) is 0.672. The van der Waals surface area contributed by atoms with Crippen LogP contribution in [0, 0.1) is 0 Å². The fourth-order valence-corrected chi connectivity index (χ4v) is 3.21. The van der Waals surface area contributed by atoms with Crippen LogP contribution in [0.4, 0.5) is 0 Å². The molecule has 1 fully saturated rings. The standard InChI is InChI=1S/C23H23NO2/c24-19-13-22(14-19)25-16-18-11-12-21(26-20-9-5-2-6-10-20)15-23(18)17-7-3-1-4-8-17/h1-12,15,19,22H,13-14,16,24H2/t19-,22-. The van der Waals surface area contributed by atoms with Gasteiger partial charge in [0.1, 0.15) is 11.5 Å². The normalized spacial score (nSPS) is 19.0. The van der Waals surface area contributed by atoms with Crippen LogP contribution in [0.15, 0.2) is 78.9 Å². The molecule has 26 heavy (non-hydrogen) atoms. The fraction of sp³-hybridized carbons (Fsp3) is 0.217. The monoisotopic (exact) mass is 345 g/mol. The van der Waals surface area contributed by atoms with Gasteiger partial charge < -0.3 is 15.2 Å². The summed E-state index contributed by atoms with van der Waals surface area (Å²) in [5.41, 5.74) is 9.32. The van der Waals surface area contributed by atoms with Crippen molar-refractivity contribution in [2.24, 2.45) is 5.73 Å². The number of hydrogen-bond acceptors (Lipinski definition) is 3. The first-order valence-corrected chi connectivity index (χ1v) is 9.06. The van der Waals surface area contributed by atoms with Gasteiger partial charge in [0.25, 0.3) is 0 Å². The van der Waals surface area contributed by atoms with Crippen LogP contribution in [0.1, 0.15) is 18.4 Å². The Bertz CT molecular complexity index is 843. The molecule has 0 radical (unpaired) electrons. The summed E-state index contributed by atoms with van der Waals surface area (Å²) in [6.07, 6.45) is 2.19. The molecule has 0 heterocycles. The van der Waals surface area contributed by atoms with E-state index in [0.717, 1.165) is 41.0 Å². The maximum atomic E-state index is 6.03. The minimum Gasteiger partial charge on any atom is -0.457 e. The lowest BCUT2D eigenvalue weighted by molar-refractivity contribution is -0.0186. The first-order chi connectivity index (χ1) is 12.8. The first-order valence-electron chi connectivity index (χ1n) is 9.06. The molecule has 0 aromatic heterocycles. The van der Waals surface area contributed by atoms with Gasteiger partial charge in [-0.2, -0.15) is 0 Å². The minimum absolute atomic E-state index is 0.286. The van der Waals surface area contributed by atoms with Gasteiger partial charge in [-0.3, -0.25) is 0 Å². The molecular formula is C23H23NO2. The van der Waals surface area contributed by atoms with E-state index in [1.165, 1.54) is 0 Å². The van der Waals surface area contributed by atoms with Gasteiger partial charge in [0, 0.05) is 6.04 Å². The van der Waals surface area contributed by atoms with Crippen LogP contribution in [0.2, 0.25) is 0 Å². The van der Waals surface area contributed by atoms with Crippen molar-refractivity contribution in [2.75, 3.05) is 0 Å². The Kier molecular flexibility index (Phi) is 5.00. The summed E-state index contributed by atoms with van der Waals surface area (Å²) >= 11 is 0. The molecule has 0 atom stereocenters. The molecule has 3 heteroatoms. The number of benzene rings is 3. The molecule has 3 nitrogen and oxygen atoms in total. The van der Waals surface area contributed by atoms with Crippen LogP contribution < -0.4 is 10.5 Å². The van der Waals surface area contributed by atoms with Gasteiger partial charge in [-0.25, -0.2) is 0 Å². The van der Waals surface area contributed by atoms with E-state index < -0.39 is 0 Å². The first kappa shape index (κ1) is 16.8. The van der Waals surface area contributed by atoms with E-state index >= 15 is 0 Å². The highest BCUT2D eigenvalue weighted by molar-refractivity contribution is 5.69. The second-order valence-electron chi connectivity index (χ2n) is 6.76. The predicted molar refractivity (Wildman–Crippen MR) is 104 cm³/mol. The van der Waals surface area contributed by atoms with Gasteiger partial charge in [-0.15, -0.1) is 0 Å². The van der Waals surface area contributed by atoms with Crippen molar-refractivity contribution < 1.29 is 9.47 Å². The summed E-state index contributed by atoms with van der Waals surface area (Å²) in [5, 5.41) is 0. The Hall–Kier alpha value is -2.62. The van der Waals surface area contributed by atoms with Crippen molar-refractivity contribution in [3.8, 4) is 22.6 Å². The van der Waals surface area contributed by atoms with Crippen molar-refractivity contribution >= 4 is 0 Å². The molecule has 0 aliphatic heterocycles. The van der Waals surface area contributed by atoms with Crippen LogP contribution in [0.25, 0.3) is 11.1 Å². The summed E-state index contributed by atoms with van der Waals surface area (Å²) in [5.74, 6) is 1.66. The smallest absolute Gasteiger partial charge is 0.128 e. The van der Waals surface area contributed by atoms with E-state index in [9.17, 15) is 0 Å². The lowest BCUT2D eigenvalue weighted by Crippen LogP contribution is -2.41. The van der Waals surface area contributed by atoms with Gasteiger partial charge in [-0.1, -0.05) is 54.6 Å². The summed E-state index contributed by atoms with van der Waals surface area (Å²) in [6.45, 7) is 0.591. The summed E-state index contributed by atoms with van der Waals surface area (Å²) in [7, 11) is 0. The van der Waals surface area contributed by atoms with Crippen LogP contribution in [0.5, 0.6) is 11.5 Å². The van der Waals surface area contributed by atoms with Crippen LogP contribution >= 0.6 is 0 Å². The molecule has 0 unspecified atom stereocenters. The summed E-state index contributed by atoms with van der Waals surface area (Å²) < 4.78 is 12.0. The topological polar surface area (TPSA) is 44.5 Å².